The van der Waals surface area contributed by atoms with Crippen molar-refractivity contribution in [2.24, 2.45) is 0 Å². The summed E-state index contributed by atoms with van der Waals surface area (Å²) < 4.78 is 5.62. The molecule has 3 rings (SSSR count). The minimum Gasteiger partial charge on any atom is -0.481 e. The maximum Gasteiger partial charge on any atom is 0.312 e. The van der Waals surface area contributed by atoms with Crippen LogP contribution in [-0.2, 0) is 16.0 Å². The molecule has 1 fully saturated rings. The molecule has 0 radical (unpaired) electrons. The molecule has 1 aliphatic heterocycles. The summed E-state index contributed by atoms with van der Waals surface area (Å²) >= 11 is 1.60. The zero-order chi connectivity index (χ0) is 14.3. The zero-order valence-corrected chi connectivity index (χ0v) is 12.6. The molecule has 2 aliphatic rings. The number of fused-ring (bicyclic) bond motifs is 1. The van der Waals surface area contributed by atoms with Gasteiger partial charge in [-0.15, -0.1) is 11.3 Å². The van der Waals surface area contributed by atoms with Crippen LogP contribution in [0.3, 0.4) is 0 Å². The average molecular weight is 296 g/mol. The number of aryl methyl sites for hydroxylation is 1. The van der Waals surface area contributed by atoms with E-state index in [9.17, 15) is 9.90 Å². The Morgan fingerprint density at radius 2 is 2.40 bits per heavy atom. The summed E-state index contributed by atoms with van der Waals surface area (Å²) in [6, 6.07) is 0. The van der Waals surface area contributed by atoms with Crippen LogP contribution in [0, 0.1) is 0 Å². The second kappa shape index (κ2) is 5.00. The molecule has 2 heterocycles. The van der Waals surface area contributed by atoms with Gasteiger partial charge in [0.05, 0.1) is 17.3 Å². The van der Waals surface area contributed by atoms with Gasteiger partial charge in [-0.1, -0.05) is 0 Å². The molecule has 3 unspecified atom stereocenters. The minimum absolute atomic E-state index is 0.112. The van der Waals surface area contributed by atoms with Crippen molar-refractivity contribution in [2.45, 2.75) is 57.1 Å². The first-order valence-corrected chi connectivity index (χ1v) is 7.93. The van der Waals surface area contributed by atoms with Crippen LogP contribution in [0.5, 0.6) is 0 Å². The van der Waals surface area contributed by atoms with Gasteiger partial charge in [-0.25, -0.2) is 4.98 Å². The Kier molecular flexibility index (Phi) is 3.46. The Hall–Kier alpha value is -1.14. The molecule has 20 heavy (non-hydrogen) atoms. The first kappa shape index (κ1) is 13.8. The Labute approximate surface area is 122 Å². The lowest BCUT2D eigenvalue weighted by atomic mass is 9.91. The maximum absolute atomic E-state index is 11.3. The van der Waals surface area contributed by atoms with Gasteiger partial charge in [-0.3, -0.25) is 4.79 Å². The molecule has 5 nitrogen and oxygen atoms in total. The number of anilines is 1. The largest absolute Gasteiger partial charge is 0.481 e. The monoisotopic (exact) mass is 296 g/mol. The molecule has 1 aromatic rings. The third-order valence-corrected chi connectivity index (χ3v) is 5.58. The van der Waals surface area contributed by atoms with Crippen molar-refractivity contribution in [3.63, 3.8) is 0 Å². The van der Waals surface area contributed by atoms with E-state index >= 15 is 0 Å². The van der Waals surface area contributed by atoms with Gasteiger partial charge in [0.15, 0.2) is 5.13 Å². The van der Waals surface area contributed by atoms with Crippen LogP contribution in [0.1, 0.15) is 49.6 Å². The predicted octanol–water partition coefficient (Wildman–Crippen LogP) is 2.63. The lowest BCUT2D eigenvalue weighted by Crippen LogP contribution is -2.41. The fourth-order valence-corrected chi connectivity index (χ4v) is 4.16. The van der Waals surface area contributed by atoms with Crippen molar-refractivity contribution in [1.82, 2.24) is 4.98 Å². The van der Waals surface area contributed by atoms with Gasteiger partial charge in [0, 0.05) is 11.5 Å². The highest BCUT2D eigenvalue weighted by molar-refractivity contribution is 7.15. The first-order chi connectivity index (χ1) is 9.49. The van der Waals surface area contributed by atoms with Crippen molar-refractivity contribution >= 4 is 22.4 Å². The van der Waals surface area contributed by atoms with Crippen LogP contribution in [0.2, 0.25) is 0 Å². The van der Waals surface area contributed by atoms with Crippen molar-refractivity contribution in [2.75, 3.05) is 11.9 Å². The molecule has 110 valence electrons. The van der Waals surface area contributed by atoms with E-state index in [-0.39, 0.29) is 11.6 Å². The molecular formula is C14H20N2O3S. The number of rotatable bonds is 3. The molecule has 2 N–H and O–H groups in total. The molecule has 1 saturated heterocycles. The van der Waals surface area contributed by atoms with E-state index in [0.29, 0.717) is 6.42 Å². The lowest BCUT2D eigenvalue weighted by molar-refractivity contribution is -0.139. The zero-order valence-electron chi connectivity index (χ0n) is 11.8. The highest BCUT2D eigenvalue weighted by atomic mass is 32.1. The summed E-state index contributed by atoms with van der Waals surface area (Å²) in [4.78, 5) is 17.0. The third-order valence-electron chi connectivity index (χ3n) is 4.53. The van der Waals surface area contributed by atoms with Crippen LogP contribution in [0.4, 0.5) is 5.13 Å². The Morgan fingerprint density at radius 3 is 3.05 bits per heavy atom. The number of ether oxygens (including phenoxy) is 1. The molecule has 6 heteroatoms. The molecule has 1 aromatic heterocycles. The molecule has 1 aliphatic carbocycles. The molecule has 3 atom stereocenters. The second-order valence-electron chi connectivity index (χ2n) is 5.92. The number of hydrogen-bond donors (Lipinski definition) is 2. The molecular weight excluding hydrogens is 276 g/mol. The topological polar surface area (TPSA) is 71.5 Å². The Bertz CT molecular complexity index is 530. The molecule has 0 saturated carbocycles. The highest BCUT2D eigenvalue weighted by Gasteiger charge is 2.38. The summed E-state index contributed by atoms with van der Waals surface area (Å²) in [6.45, 7) is 4.96. The van der Waals surface area contributed by atoms with Gasteiger partial charge in [-0.2, -0.15) is 0 Å². The average Bonchev–Trinajstić information content (AvgIpc) is 2.92. The number of aliphatic carboxylic acids is 1. The molecule has 0 amide bonds. The van der Waals surface area contributed by atoms with Crippen molar-refractivity contribution in [1.29, 1.82) is 0 Å². The quantitative estimate of drug-likeness (QED) is 0.897. The molecule has 0 aromatic carbocycles. The van der Waals surface area contributed by atoms with Crippen LogP contribution in [0.25, 0.3) is 0 Å². The van der Waals surface area contributed by atoms with Gasteiger partial charge < -0.3 is 15.2 Å². The number of thiazole rings is 1. The standard InChI is InChI=1S/C14H20N2O3S/c1-8-14(2,6-7-19-8)16-13-15-11-9(12(17)18)4-3-5-10(11)20-13/h8-9H,3-7H2,1-2H3,(H,15,16)(H,17,18). The smallest absolute Gasteiger partial charge is 0.312 e. The number of carboxylic acid groups (broad SMARTS) is 1. The number of carbonyl (C=O) groups is 1. The maximum atomic E-state index is 11.3. The van der Waals surface area contributed by atoms with E-state index in [4.69, 9.17) is 4.74 Å². The van der Waals surface area contributed by atoms with Crippen LogP contribution in [-0.4, -0.2) is 34.3 Å². The number of nitrogens with one attached hydrogen (secondary N) is 1. The van der Waals surface area contributed by atoms with Crippen molar-refractivity contribution in [3.8, 4) is 0 Å². The summed E-state index contributed by atoms with van der Waals surface area (Å²) in [6.07, 6.45) is 3.66. The minimum atomic E-state index is -0.758. The van der Waals surface area contributed by atoms with Crippen LogP contribution in [0.15, 0.2) is 0 Å². The van der Waals surface area contributed by atoms with Gasteiger partial charge >= 0.3 is 5.97 Å². The van der Waals surface area contributed by atoms with Gasteiger partial charge in [0.25, 0.3) is 0 Å². The highest BCUT2D eigenvalue weighted by Crippen LogP contribution is 2.39. The van der Waals surface area contributed by atoms with Crippen molar-refractivity contribution in [3.05, 3.63) is 10.6 Å². The van der Waals surface area contributed by atoms with Crippen LogP contribution >= 0.6 is 11.3 Å². The van der Waals surface area contributed by atoms with E-state index in [0.717, 1.165) is 41.6 Å². The fourth-order valence-electron chi connectivity index (χ4n) is 2.96. The van der Waals surface area contributed by atoms with Gasteiger partial charge in [0.1, 0.15) is 5.92 Å². The van der Waals surface area contributed by atoms with Crippen molar-refractivity contribution < 1.29 is 14.6 Å². The van der Waals surface area contributed by atoms with E-state index in [1.165, 1.54) is 0 Å². The summed E-state index contributed by atoms with van der Waals surface area (Å²) in [5, 5.41) is 13.6. The first-order valence-electron chi connectivity index (χ1n) is 7.12. The summed E-state index contributed by atoms with van der Waals surface area (Å²) in [5.74, 6) is -1.19. The van der Waals surface area contributed by atoms with E-state index in [1.807, 2.05) is 0 Å². The van der Waals surface area contributed by atoms with Crippen LogP contribution < -0.4 is 5.32 Å². The molecule has 0 spiro atoms. The summed E-state index contributed by atoms with van der Waals surface area (Å²) in [5.41, 5.74) is 0.658. The summed E-state index contributed by atoms with van der Waals surface area (Å²) in [7, 11) is 0. The predicted molar refractivity (Wildman–Crippen MR) is 77.5 cm³/mol. The fraction of sp³-hybridized carbons (Fsp3) is 0.714. The van der Waals surface area contributed by atoms with Gasteiger partial charge in [-0.05, 0) is 39.5 Å². The number of carboxylic acids is 1. The van der Waals surface area contributed by atoms with E-state index in [2.05, 4.69) is 24.1 Å². The van der Waals surface area contributed by atoms with E-state index < -0.39 is 11.9 Å². The SMILES string of the molecule is CC1OCCC1(C)Nc1nc2c(s1)CCCC2C(=O)O. The number of aromatic nitrogens is 1. The Morgan fingerprint density at radius 1 is 1.60 bits per heavy atom. The number of hydrogen-bond acceptors (Lipinski definition) is 5. The lowest BCUT2D eigenvalue weighted by Gasteiger charge is -2.28. The van der Waals surface area contributed by atoms with Gasteiger partial charge in [0.2, 0.25) is 0 Å². The Balaban J connectivity index is 1.84. The van der Waals surface area contributed by atoms with E-state index in [1.54, 1.807) is 11.3 Å². The second-order valence-corrected chi connectivity index (χ2v) is 7.00. The molecule has 0 bridgehead atoms. The normalized spacial score (nSPS) is 32.9. The number of nitrogens with zero attached hydrogens (tertiary/aromatic N) is 1. The third kappa shape index (κ3) is 2.31.